The number of ether oxygens (including phenoxy) is 1. The van der Waals surface area contributed by atoms with Crippen molar-refractivity contribution in [1.29, 1.82) is 5.26 Å². The lowest BCUT2D eigenvalue weighted by Gasteiger charge is -2.15. The van der Waals surface area contributed by atoms with E-state index in [2.05, 4.69) is 16.4 Å². The molecular formula is C23H17N3O2S. The van der Waals surface area contributed by atoms with Crippen molar-refractivity contribution >= 4 is 33.1 Å². The Morgan fingerprint density at radius 1 is 1.10 bits per heavy atom. The molecule has 0 aliphatic rings. The standard InChI is InChI=1S/C23H17N3O2S/c1-15(22(27)25-18-6-4-5-16(13-18)14-24)28-19-11-9-17(10-12-19)23-26-20-7-2-3-8-21(20)29-23/h2-13,15H,1H3,(H,25,27)/t15-/m0/s1. The SMILES string of the molecule is C[C@H](Oc1ccc(-c2nc3ccccc3s2)cc1)C(=O)Nc1cccc(C#N)c1. The van der Waals surface area contributed by atoms with Crippen LogP contribution in [0.3, 0.4) is 0 Å². The molecule has 1 aromatic heterocycles. The average molecular weight is 399 g/mol. The highest BCUT2D eigenvalue weighted by Crippen LogP contribution is 2.31. The van der Waals surface area contributed by atoms with Crippen LogP contribution >= 0.6 is 11.3 Å². The van der Waals surface area contributed by atoms with Crippen molar-refractivity contribution in [3.05, 3.63) is 78.4 Å². The van der Waals surface area contributed by atoms with Crippen molar-refractivity contribution < 1.29 is 9.53 Å². The maximum absolute atomic E-state index is 12.4. The predicted octanol–water partition coefficient (Wildman–Crippen LogP) is 5.24. The molecule has 1 amide bonds. The Labute approximate surface area is 172 Å². The number of hydrogen-bond donors (Lipinski definition) is 1. The quantitative estimate of drug-likeness (QED) is 0.498. The van der Waals surface area contributed by atoms with Crippen molar-refractivity contribution in [2.45, 2.75) is 13.0 Å². The van der Waals surface area contributed by atoms with Gasteiger partial charge in [-0.05, 0) is 61.5 Å². The number of rotatable bonds is 5. The van der Waals surface area contributed by atoms with E-state index in [1.54, 1.807) is 42.5 Å². The summed E-state index contributed by atoms with van der Waals surface area (Å²) < 4.78 is 6.91. The molecule has 0 unspecified atom stereocenters. The van der Waals surface area contributed by atoms with Crippen LogP contribution in [-0.4, -0.2) is 17.0 Å². The number of nitrogens with zero attached hydrogens (tertiary/aromatic N) is 2. The molecule has 1 heterocycles. The summed E-state index contributed by atoms with van der Waals surface area (Å²) in [5, 5.41) is 12.7. The van der Waals surface area contributed by atoms with Gasteiger partial charge in [0, 0.05) is 11.3 Å². The molecule has 6 heteroatoms. The number of aromatic nitrogens is 1. The Morgan fingerprint density at radius 2 is 1.90 bits per heavy atom. The van der Waals surface area contributed by atoms with E-state index in [1.165, 1.54) is 0 Å². The topological polar surface area (TPSA) is 75.0 Å². The van der Waals surface area contributed by atoms with E-state index in [9.17, 15) is 4.79 Å². The molecule has 0 saturated carbocycles. The molecule has 0 radical (unpaired) electrons. The van der Waals surface area contributed by atoms with E-state index in [-0.39, 0.29) is 5.91 Å². The first kappa shape index (κ1) is 18.7. The molecule has 0 aliphatic heterocycles. The molecule has 0 bridgehead atoms. The fourth-order valence-electron chi connectivity index (χ4n) is 2.84. The maximum atomic E-state index is 12.4. The van der Waals surface area contributed by atoms with Crippen LogP contribution < -0.4 is 10.1 Å². The van der Waals surface area contributed by atoms with Gasteiger partial charge in [0.15, 0.2) is 6.10 Å². The minimum absolute atomic E-state index is 0.282. The van der Waals surface area contributed by atoms with Gasteiger partial charge in [0.25, 0.3) is 5.91 Å². The fraction of sp³-hybridized carbons (Fsp3) is 0.0870. The number of thiazole rings is 1. The minimum Gasteiger partial charge on any atom is -0.481 e. The van der Waals surface area contributed by atoms with Gasteiger partial charge in [-0.2, -0.15) is 5.26 Å². The molecule has 3 aromatic carbocycles. The highest BCUT2D eigenvalue weighted by Gasteiger charge is 2.15. The lowest BCUT2D eigenvalue weighted by molar-refractivity contribution is -0.122. The van der Waals surface area contributed by atoms with Gasteiger partial charge in [0.1, 0.15) is 10.8 Å². The van der Waals surface area contributed by atoms with Gasteiger partial charge in [-0.3, -0.25) is 4.79 Å². The smallest absolute Gasteiger partial charge is 0.265 e. The van der Waals surface area contributed by atoms with Crippen molar-refractivity contribution in [3.8, 4) is 22.4 Å². The lowest BCUT2D eigenvalue weighted by Crippen LogP contribution is -2.30. The number of nitrogens with one attached hydrogen (secondary N) is 1. The lowest BCUT2D eigenvalue weighted by atomic mass is 10.2. The Morgan fingerprint density at radius 3 is 2.66 bits per heavy atom. The van der Waals surface area contributed by atoms with Crippen molar-refractivity contribution in [2.75, 3.05) is 5.32 Å². The summed E-state index contributed by atoms with van der Waals surface area (Å²) >= 11 is 1.64. The summed E-state index contributed by atoms with van der Waals surface area (Å²) in [5.74, 6) is 0.318. The number of benzene rings is 3. The largest absolute Gasteiger partial charge is 0.481 e. The second kappa shape index (κ2) is 8.13. The number of anilines is 1. The number of carbonyl (C=O) groups is 1. The summed E-state index contributed by atoms with van der Waals surface area (Å²) in [6.07, 6.45) is -0.686. The molecular weight excluding hydrogens is 382 g/mol. The van der Waals surface area contributed by atoms with Crippen molar-refractivity contribution in [3.63, 3.8) is 0 Å². The van der Waals surface area contributed by atoms with Crippen LogP contribution in [0.25, 0.3) is 20.8 Å². The normalized spacial score (nSPS) is 11.6. The van der Waals surface area contributed by atoms with Gasteiger partial charge in [-0.25, -0.2) is 4.98 Å². The van der Waals surface area contributed by atoms with Crippen molar-refractivity contribution in [1.82, 2.24) is 4.98 Å². The van der Waals surface area contributed by atoms with Crippen LogP contribution in [0.4, 0.5) is 5.69 Å². The molecule has 0 aliphatic carbocycles. The molecule has 0 fully saturated rings. The summed E-state index contributed by atoms with van der Waals surface area (Å²) in [4.78, 5) is 17.0. The number of amides is 1. The van der Waals surface area contributed by atoms with Gasteiger partial charge in [0.2, 0.25) is 0 Å². The second-order valence-electron chi connectivity index (χ2n) is 6.45. The number of para-hydroxylation sites is 1. The summed E-state index contributed by atoms with van der Waals surface area (Å²) in [7, 11) is 0. The predicted molar refractivity (Wildman–Crippen MR) is 115 cm³/mol. The Balaban J connectivity index is 1.42. The summed E-state index contributed by atoms with van der Waals surface area (Å²) in [6.45, 7) is 1.69. The molecule has 4 aromatic rings. The second-order valence-corrected chi connectivity index (χ2v) is 7.48. The molecule has 4 rings (SSSR count). The Hall–Kier alpha value is -3.69. The number of hydrogen-bond acceptors (Lipinski definition) is 5. The highest BCUT2D eigenvalue weighted by molar-refractivity contribution is 7.21. The van der Waals surface area contributed by atoms with Crippen LogP contribution in [0.15, 0.2) is 72.8 Å². The van der Waals surface area contributed by atoms with Gasteiger partial charge < -0.3 is 10.1 Å². The Kier molecular flexibility index (Phi) is 5.23. The zero-order chi connectivity index (χ0) is 20.2. The molecule has 1 atom stereocenters. The molecule has 5 nitrogen and oxygen atoms in total. The molecule has 142 valence electrons. The van der Waals surface area contributed by atoms with E-state index in [1.807, 2.05) is 48.5 Å². The van der Waals surface area contributed by atoms with E-state index in [0.29, 0.717) is 17.0 Å². The van der Waals surface area contributed by atoms with Crippen molar-refractivity contribution in [2.24, 2.45) is 0 Å². The first-order chi connectivity index (χ1) is 14.1. The van der Waals surface area contributed by atoms with E-state index in [4.69, 9.17) is 10.00 Å². The third kappa shape index (κ3) is 4.26. The summed E-state index contributed by atoms with van der Waals surface area (Å²) in [6, 6.07) is 24.4. The van der Waals surface area contributed by atoms with Crippen LogP contribution in [-0.2, 0) is 4.79 Å². The van der Waals surface area contributed by atoms with Crippen LogP contribution in [0.2, 0.25) is 0 Å². The fourth-order valence-corrected chi connectivity index (χ4v) is 3.81. The maximum Gasteiger partial charge on any atom is 0.265 e. The average Bonchev–Trinajstić information content (AvgIpc) is 3.18. The van der Waals surface area contributed by atoms with Crippen LogP contribution in [0.1, 0.15) is 12.5 Å². The molecule has 1 N–H and O–H groups in total. The highest BCUT2D eigenvalue weighted by atomic mass is 32.1. The Bertz CT molecular complexity index is 1180. The van der Waals surface area contributed by atoms with Crippen LogP contribution in [0, 0.1) is 11.3 Å². The molecule has 0 spiro atoms. The molecule has 0 saturated heterocycles. The first-order valence-electron chi connectivity index (χ1n) is 9.06. The number of fused-ring (bicyclic) bond motifs is 1. The first-order valence-corrected chi connectivity index (χ1v) is 9.88. The number of carbonyl (C=O) groups excluding carboxylic acids is 1. The molecule has 29 heavy (non-hydrogen) atoms. The monoisotopic (exact) mass is 399 g/mol. The third-order valence-corrected chi connectivity index (χ3v) is 5.42. The zero-order valence-corrected chi connectivity index (χ0v) is 16.4. The summed E-state index contributed by atoms with van der Waals surface area (Å²) in [5.41, 5.74) is 3.04. The van der Waals surface area contributed by atoms with E-state index >= 15 is 0 Å². The number of nitriles is 1. The van der Waals surface area contributed by atoms with E-state index in [0.717, 1.165) is 20.8 Å². The zero-order valence-electron chi connectivity index (χ0n) is 15.6. The van der Waals surface area contributed by atoms with Gasteiger partial charge in [0.05, 0.1) is 21.8 Å². The van der Waals surface area contributed by atoms with Gasteiger partial charge in [-0.1, -0.05) is 18.2 Å². The minimum atomic E-state index is -0.686. The third-order valence-electron chi connectivity index (χ3n) is 4.34. The van der Waals surface area contributed by atoms with Crippen LogP contribution in [0.5, 0.6) is 5.75 Å². The van der Waals surface area contributed by atoms with E-state index < -0.39 is 6.10 Å². The van der Waals surface area contributed by atoms with Gasteiger partial charge >= 0.3 is 0 Å². The van der Waals surface area contributed by atoms with Gasteiger partial charge in [-0.15, -0.1) is 11.3 Å².